The van der Waals surface area contributed by atoms with Crippen molar-refractivity contribution >= 4 is 23.5 Å². The predicted molar refractivity (Wildman–Crippen MR) is 121 cm³/mol. The van der Waals surface area contributed by atoms with E-state index in [1.165, 1.54) is 5.56 Å². The number of carbonyl (C=O) groups is 1. The standard InChI is InChI=1S/C22H34ClN5O2/c1-27(2)21(29)15-25-22(24-14-20-4-3-13-30-20)26-19-9-11-28(12-10-19)16-17-5-7-18(23)8-6-17/h5-8,19-20H,3-4,9-16H2,1-2H3,(H2,24,25,26). The van der Waals surface area contributed by atoms with Crippen LogP contribution in [0.3, 0.4) is 0 Å². The Hall–Kier alpha value is -1.83. The number of benzene rings is 1. The van der Waals surface area contributed by atoms with Crippen molar-refractivity contribution in [1.82, 2.24) is 20.4 Å². The Bertz CT molecular complexity index is 696. The second kappa shape index (κ2) is 11.5. The molecule has 0 spiro atoms. The Morgan fingerprint density at radius 2 is 1.97 bits per heavy atom. The molecule has 1 amide bonds. The molecule has 2 fully saturated rings. The summed E-state index contributed by atoms with van der Waals surface area (Å²) >= 11 is 5.98. The van der Waals surface area contributed by atoms with E-state index in [-0.39, 0.29) is 18.6 Å². The van der Waals surface area contributed by atoms with Crippen LogP contribution in [-0.4, -0.2) is 80.7 Å². The average Bonchev–Trinajstić information content (AvgIpc) is 3.26. The zero-order valence-electron chi connectivity index (χ0n) is 18.1. The van der Waals surface area contributed by atoms with Crippen molar-refractivity contribution in [2.75, 3.05) is 46.9 Å². The molecule has 1 aromatic rings. The number of hydrogen-bond donors (Lipinski definition) is 2. The van der Waals surface area contributed by atoms with Gasteiger partial charge >= 0.3 is 0 Å². The van der Waals surface area contributed by atoms with Crippen LogP contribution in [0.5, 0.6) is 0 Å². The van der Waals surface area contributed by atoms with E-state index in [4.69, 9.17) is 16.3 Å². The monoisotopic (exact) mass is 435 g/mol. The highest BCUT2D eigenvalue weighted by Crippen LogP contribution is 2.16. The van der Waals surface area contributed by atoms with Gasteiger partial charge in [0.2, 0.25) is 5.91 Å². The van der Waals surface area contributed by atoms with Gasteiger partial charge in [-0.05, 0) is 43.4 Å². The van der Waals surface area contributed by atoms with Crippen molar-refractivity contribution in [3.8, 4) is 0 Å². The minimum atomic E-state index is -0.00833. The zero-order valence-corrected chi connectivity index (χ0v) is 18.8. The summed E-state index contributed by atoms with van der Waals surface area (Å²) < 4.78 is 5.70. The molecule has 0 saturated carbocycles. The van der Waals surface area contributed by atoms with Gasteiger partial charge in [-0.25, -0.2) is 4.99 Å². The maximum absolute atomic E-state index is 12.0. The predicted octanol–water partition coefficient (Wildman–Crippen LogP) is 2.11. The number of likely N-dealkylation sites (N-methyl/N-ethyl adjacent to an activating group) is 1. The van der Waals surface area contributed by atoms with Crippen LogP contribution < -0.4 is 10.6 Å². The number of nitrogens with zero attached hydrogens (tertiary/aromatic N) is 3. The van der Waals surface area contributed by atoms with E-state index in [0.717, 1.165) is 63.5 Å². The summed E-state index contributed by atoms with van der Waals surface area (Å²) in [5.41, 5.74) is 1.29. The van der Waals surface area contributed by atoms with E-state index in [2.05, 4.69) is 32.7 Å². The quantitative estimate of drug-likeness (QED) is 0.507. The number of amides is 1. The molecule has 3 rings (SSSR count). The highest BCUT2D eigenvalue weighted by molar-refractivity contribution is 6.30. The Morgan fingerprint density at radius 3 is 2.60 bits per heavy atom. The third-order valence-electron chi connectivity index (χ3n) is 5.64. The van der Waals surface area contributed by atoms with Crippen molar-refractivity contribution < 1.29 is 9.53 Å². The van der Waals surface area contributed by atoms with Gasteiger partial charge in [-0.3, -0.25) is 9.69 Å². The molecular weight excluding hydrogens is 402 g/mol. The summed E-state index contributed by atoms with van der Waals surface area (Å²) in [6.45, 7) is 4.68. The average molecular weight is 436 g/mol. The number of halogens is 1. The zero-order chi connectivity index (χ0) is 21.3. The largest absolute Gasteiger partial charge is 0.376 e. The van der Waals surface area contributed by atoms with Crippen LogP contribution in [0.1, 0.15) is 31.2 Å². The summed E-state index contributed by atoms with van der Waals surface area (Å²) in [6.07, 6.45) is 4.48. The van der Waals surface area contributed by atoms with Gasteiger partial charge in [0, 0.05) is 57.9 Å². The molecule has 0 aromatic heterocycles. The van der Waals surface area contributed by atoms with Crippen molar-refractivity contribution in [2.24, 2.45) is 4.99 Å². The molecule has 0 aliphatic carbocycles. The molecule has 0 radical (unpaired) electrons. The second-order valence-corrected chi connectivity index (χ2v) is 8.73. The molecule has 0 bridgehead atoms. The molecule has 2 N–H and O–H groups in total. The smallest absolute Gasteiger partial charge is 0.243 e. The first-order valence-corrected chi connectivity index (χ1v) is 11.2. The van der Waals surface area contributed by atoms with Gasteiger partial charge < -0.3 is 20.3 Å². The molecule has 1 aromatic carbocycles. The van der Waals surface area contributed by atoms with E-state index >= 15 is 0 Å². The Labute approximate surface area is 184 Å². The maximum Gasteiger partial charge on any atom is 0.243 e. The lowest BCUT2D eigenvalue weighted by Crippen LogP contribution is -2.50. The molecular formula is C22H34ClN5O2. The van der Waals surface area contributed by atoms with Crippen LogP contribution in [0.2, 0.25) is 5.02 Å². The second-order valence-electron chi connectivity index (χ2n) is 8.29. The van der Waals surface area contributed by atoms with Gasteiger partial charge in [0.25, 0.3) is 0 Å². The fourth-order valence-corrected chi connectivity index (χ4v) is 3.86. The van der Waals surface area contributed by atoms with Crippen molar-refractivity contribution in [1.29, 1.82) is 0 Å². The first kappa shape index (κ1) is 22.8. The van der Waals surface area contributed by atoms with Crippen molar-refractivity contribution in [3.05, 3.63) is 34.9 Å². The fraction of sp³-hybridized carbons (Fsp3) is 0.636. The van der Waals surface area contributed by atoms with Gasteiger partial charge in [-0.1, -0.05) is 23.7 Å². The van der Waals surface area contributed by atoms with E-state index in [1.807, 2.05) is 12.1 Å². The van der Waals surface area contributed by atoms with Crippen molar-refractivity contribution in [2.45, 2.75) is 44.4 Å². The number of hydrogen-bond acceptors (Lipinski definition) is 4. The molecule has 1 atom stereocenters. The molecule has 166 valence electrons. The van der Waals surface area contributed by atoms with Crippen LogP contribution in [0, 0.1) is 0 Å². The number of ether oxygens (including phenoxy) is 1. The minimum absolute atomic E-state index is 0.00833. The van der Waals surface area contributed by atoms with E-state index in [0.29, 0.717) is 12.0 Å². The van der Waals surface area contributed by atoms with E-state index < -0.39 is 0 Å². The maximum atomic E-state index is 12.0. The minimum Gasteiger partial charge on any atom is -0.376 e. The Morgan fingerprint density at radius 1 is 1.23 bits per heavy atom. The van der Waals surface area contributed by atoms with Gasteiger partial charge in [0.15, 0.2) is 5.96 Å². The summed E-state index contributed by atoms with van der Waals surface area (Å²) in [5.74, 6) is 0.697. The van der Waals surface area contributed by atoms with Gasteiger partial charge in [0.05, 0.1) is 6.10 Å². The SMILES string of the molecule is CN(C)C(=O)CN=C(NCC1CCCO1)NC1CCN(Cc2ccc(Cl)cc2)CC1. The number of aliphatic imine (C=N–C) groups is 1. The van der Waals surface area contributed by atoms with Gasteiger partial charge in [-0.2, -0.15) is 0 Å². The molecule has 2 aliphatic heterocycles. The highest BCUT2D eigenvalue weighted by atomic mass is 35.5. The van der Waals surface area contributed by atoms with E-state index in [9.17, 15) is 4.79 Å². The summed E-state index contributed by atoms with van der Waals surface area (Å²) in [5, 5.41) is 7.69. The van der Waals surface area contributed by atoms with Crippen LogP contribution in [-0.2, 0) is 16.1 Å². The number of piperidine rings is 1. The molecule has 1 unspecified atom stereocenters. The fourth-order valence-electron chi connectivity index (χ4n) is 3.73. The number of carbonyl (C=O) groups excluding carboxylic acids is 1. The Kier molecular flexibility index (Phi) is 8.78. The third kappa shape index (κ3) is 7.45. The first-order valence-electron chi connectivity index (χ1n) is 10.8. The lowest BCUT2D eigenvalue weighted by atomic mass is 10.0. The Balaban J connectivity index is 1.48. The lowest BCUT2D eigenvalue weighted by Gasteiger charge is -2.33. The van der Waals surface area contributed by atoms with Crippen molar-refractivity contribution in [3.63, 3.8) is 0 Å². The first-order chi connectivity index (χ1) is 14.5. The van der Waals surface area contributed by atoms with Gasteiger partial charge in [0.1, 0.15) is 6.54 Å². The molecule has 2 heterocycles. The van der Waals surface area contributed by atoms with E-state index in [1.54, 1.807) is 19.0 Å². The van der Waals surface area contributed by atoms with Crippen LogP contribution in [0.4, 0.5) is 0 Å². The van der Waals surface area contributed by atoms with Gasteiger partial charge in [-0.15, -0.1) is 0 Å². The number of rotatable bonds is 7. The lowest BCUT2D eigenvalue weighted by molar-refractivity contribution is -0.127. The summed E-state index contributed by atoms with van der Waals surface area (Å²) in [4.78, 5) is 20.5. The molecule has 8 heteroatoms. The molecule has 7 nitrogen and oxygen atoms in total. The van der Waals surface area contributed by atoms with Crippen LogP contribution in [0.15, 0.2) is 29.3 Å². The van der Waals surface area contributed by atoms with Crippen LogP contribution >= 0.6 is 11.6 Å². The molecule has 2 aliphatic rings. The number of likely N-dealkylation sites (tertiary alicyclic amines) is 1. The highest BCUT2D eigenvalue weighted by Gasteiger charge is 2.21. The van der Waals surface area contributed by atoms with Crippen LogP contribution in [0.25, 0.3) is 0 Å². The topological polar surface area (TPSA) is 69.2 Å². The molecule has 30 heavy (non-hydrogen) atoms. The number of nitrogens with one attached hydrogen (secondary N) is 2. The molecule has 2 saturated heterocycles. The summed E-state index contributed by atoms with van der Waals surface area (Å²) in [7, 11) is 3.50. The normalized spacial score (nSPS) is 20.9. The third-order valence-corrected chi connectivity index (χ3v) is 5.89. The number of guanidine groups is 1. The summed E-state index contributed by atoms with van der Waals surface area (Å²) in [6, 6.07) is 8.42.